The van der Waals surface area contributed by atoms with Crippen LogP contribution >= 0.6 is 12.6 Å². The highest BCUT2D eigenvalue weighted by Crippen LogP contribution is 2.02. The van der Waals surface area contributed by atoms with Crippen LogP contribution in [0.15, 0.2) is 58.0 Å². The van der Waals surface area contributed by atoms with Crippen LogP contribution in [0.1, 0.15) is 19.1 Å². The number of esters is 1. The van der Waals surface area contributed by atoms with Gasteiger partial charge in [0.05, 0.1) is 6.26 Å². The molecule has 1 aromatic heterocycles. The van der Waals surface area contributed by atoms with E-state index in [1.807, 2.05) is 30.3 Å². The van der Waals surface area contributed by atoms with Crippen molar-refractivity contribution in [1.82, 2.24) is 0 Å². The Morgan fingerprint density at radius 2 is 1.94 bits per heavy atom. The Hall–Kier alpha value is -1.68. The maximum atomic E-state index is 10.6. The summed E-state index contributed by atoms with van der Waals surface area (Å²) < 4.78 is 9.75. The second-order valence-corrected chi connectivity index (χ2v) is 3.95. The fourth-order valence-corrected chi connectivity index (χ4v) is 1.25. The van der Waals surface area contributed by atoms with Gasteiger partial charge in [0.15, 0.2) is 0 Å². The summed E-state index contributed by atoms with van der Waals surface area (Å²) in [7, 11) is 0. The van der Waals surface area contributed by atoms with Crippen LogP contribution in [-0.4, -0.2) is 5.97 Å². The fourth-order valence-electron chi connectivity index (χ4n) is 1.08. The number of furan rings is 1. The van der Waals surface area contributed by atoms with E-state index < -0.39 is 0 Å². The van der Waals surface area contributed by atoms with Crippen molar-refractivity contribution < 1.29 is 13.9 Å². The predicted octanol–water partition coefficient (Wildman–Crippen LogP) is 3.71. The van der Waals surface area contributed by atoms with Crippen molar-refractivity contribution >= 4 is 18.6 Å². The number of carbonyl (C=O) groups excluding carboxylic acids is 1. The summed E-state index contributed by atoms with van der Waals surface area (Å²) in [6.07, 6.45) is 1.95. The third kappa shape index (κ3) is 6.15. The van der Waals surface area contributed by atoms with Crippen molar-refractivity contribution in [1.29, 1.82) is 0 Å². The Morgan fingerprint density at radius 3 is 2.39 bits per heavy atom. The number of carbonyl (C=O) groups is 1. The number of hydrogen-bond acceptors (Lipinski definition) is 4. The molecule has 0 amide bonds. The minimum Gasteiger partial charge on any atom is -0.466 e. The Bertz CT molecular complexity index is 437. The molecule has 0 bridgehead atoms. The van der Waals surface area contributed by atoms with E-state index >= 15 is 0 Å². The van der Waals surface area contributed by atoms with Gasteiger partial charge >= 0.3 is 5.97 Å². The molecule has 0 N–H and O–H groups in total. The fraction of sp³-hybridized carbons (Fsp3) is 0.214. The highest BCUT2D eigenvalue weighted by Gasteiger charge is 2.00. The lowest BCUT2D eigenvalue weighted by molar-refractivity contribution is -0.145. The van der Waals surface area contributed by atoms with Gasteiger partial charge in [0.25, 0.3) is 0 Å². The maximum absolute atomic E-state index is 10.6. The number of ether oxygens (including phenoxy) is 1. The topological polar surface area (TPSA) is 39.4 Å². The Labute approximate surface area is 112 Å². The smallest absolute Gasteiger partial charge is 0.305 e. The molecule has 0 aliphatic heterocycles. The first-order valence-corrected chi connectivity index (χ1v) is 6.09. The largest absolute Gasteiger partial charge is 0.466 e. The van der Waals surface area contributed by atoms with Crippen LogP contribution in [0, 0.1) is 0 Å². The first kappa shape index (κ1) is 14.4. The van der Waals surface area contributed by atoms with E-state index in [1.54, 1.807) is 25.3 Å². The highest BCUT2D eigenvalue weighted by atomic mass is 32.1. The van der Waals surface area contributed by atoms with E-state index in [0.717, 1.165) is 4.90 Å². The summed E-state index contributed by atoms with van der Waals surface area (Å²) in [5.74, 6) is 0.466. The molecule has 1 aromatic carbocycles. The van der Waals surface area contributed by atoms with Crippen LogP contribution in [0.5, 0.6) is 0 Å². The molecule has 2 rings (SSSR count). The van der Waals surface area contributed by atoms with Gasteiger partial charge in [-0.25, -0.2) is 0 Å². The standard InChI is InChI=1S/C8H10O3.C6H6S/c1-2-8(9)11-6-7-4-3-5-10-7;7-6-4-2-1-3-5-6/h3-5H,2,6H2,1H3;1-5,7H. The Morgan fingerprint density at radius 1 is 1.22 bits per heavy atom. The van der Waals surface area contributed by atoms with Crippen molar-refractivity contribution in [3.63, 3.8) is 0 Å². The molecule has 18 heavy (non-hydrogen) atoms. The van der Waals surface area contributed by atoms with Crippen molar-refractivity contribution in [3.05, 3.63) is 54.5 Å². The summed E-state index contributed by atoms with van der Waals surface area (Å²) in [5.41, 5.74) is 0. The van der Waals surface area contributed by atoms with Crippen molar-refractivity contribution in [2.24, 2.45) is 0 Å². The van der Waals surface area contributed by atoms with Crippen molar-refractivity contribution in [2.75, 3.05) is 0 Å². The lowest BCUT2D eigenvalue weighted by atomic mass is 10.4. The molecule has 0 saturated heterocycles. The minimum atomic E-state index is -0.207. The Kier molecular flexibility index (Phi) is 6.72. The van der Waals surface area contributed by atoms with Gasteiger partial charge in [-0.05, 0) is 24.3 Å². The average molecular weight is 264 g/mol. The van der Waals surface area contributed by atoms with Crippen LogP contribution in [-0.2, 0) is 16.1 Å². The highest BCUT2D eigenvalue weighted by molar-refractivity contribution is 7.80. The van der Waals surface area contributed by atoms with Crippen LogP contribution < -0.4 is 0 Å². The number of hydrogen-bond donors (Lipinski definition) is 1. The zero-order valence-electron chi connectivity index (χ0n) is 10.2. The molecular formula is C14H16O3S. The SMILES string of the molecule is CCC(=O)OCc1ccco1.Sc1ccccc1. The van der Waals surface area contributed by atoms with Gasteiger partial charge in [-0.1, -0.05) is 25.1 Å². The third-order valence-electron chi connectivity index (χ3n) is 2.00. The van der Waals surface area contributed by atoms with E-state index in [1.165, 1.54) is 0 Å². The molecule has 0 saturated carbocycles. The molecule has 1 heterocycles. The van der Waals surface area contributed by atoms with Gasteiger partial charge < -0.3 is 9.15 Å². The average Bonchev–Trinajstić information content (AvgIpc) is 2.91. The lowest BCUT2D eigenvalue weighted by Gasteiger charge is -1.98. The minimum absolute atomic E-state index is 0.207. The molecule has 0 fully saturated rings. The molecule has 0 spiro atoms. The van der Waals surface area contributed by atoms with Gasteiger partial charge in [-0.3, -0.25) is 4.79 Å². The molecule has 3 nitrogen and oxygen atoms in total. The second-order valence-electron chi connectivity index (χ2n) is 3.43. The van der Waals surface area contributed by atoms with E-state index in [2.05, 4.69) is 12.6 Å². The first-order chi connectivity index (χ1) is 8.72. The van der Waals surface area contributed by atoms with Crippen LogP contribution in [0.2, 0.25) is 0 Å². The summed E-state index contributed by atoms with van der Waals surface area (Å²) in [6, 6.07) is 13.3. The predicted molar refractivity (Wildman–Crippen MR) is 72.5 cm³/mol. The molecule has 0 radical (unpaired) electrons. The summed E-state index contributed by atoms with van der Waals surface area (Å²) in [5, 5.41) is 0. The molecular weight excluding hydrogens is 248 g/mol. The normalized spacial score (nSPS) is 9.22. The molecule has 0 unspecified atom stereocenters. The maximum Gasteiger partial charge on any atom is 0.305 e. The van der Waals surface area contributed by atoms with Crippen molar-refractivity contribution in [2.45, 2.75) is 24.8 Å². The van der Waals surface area contributed by atoms with Gasteiger partial charge in [0.1, 0.15) is 12.4 Å². The summed E-state index contributed by atoms with van der Waals surface area (Å²) in [4.78, 5) is 11.7. The summed E-state index contributed by atoms with van der Waals surface area (Å²) >= 11 is 4.08. The van der Waals surface area contributed by atoms with Gasteiger partial charge in [-0.2, -0.15) is 0 Å². The number of benzene rings is 1. The number of thiol groups is 1. The zero-order chi connectivity index (χ0) is 13.2. The van der Waals surface area contributed by atoms with E-state index in [0.29, 0.717) is 12.2 Å². The van der Waals surface area contributed by atoms with Crippen LogP contribution in [0.3, 0.4) is 0 Å². The van der Waals surface area contributed by atoms with E-state index in [9.17, 15) is 4.79 Å². The first-order valence-electron chi connectivity index (χ1n) is 5.64. The molecule has 96 valence electrons. The lowest BCUT2D eigenvalue weighted by Crippen LogP contribution is -2.01. The zero-order valence-corrected chi connectivity index (χ0v) is 11.1. The quantitative estimate of drug-likeness (QED) is 0.678. The van der Waals surface area contributed by atoms with E-state index in [4.69, 9.17) is 9.15 Å². The molecule has 0 atom stereocenters. The molecule has 2 aromatic rings. The molecule has 0 aliphatic rings. The summed E-state index contributed by atoms with van der Waals surface area (Å²) in [6.45, 7) is 1.99. The molecule has 4 heteroatoms. The monoisotopic (exact) mass is 264 g/mol. The van der Waals surface area contributed by atoms with Gasteiger partial charge in [-0.15, -0.1) is 12.6 Å². The van der Waals surface area contributed by atoms with Crippen LogP contribution in [0.4, 0.5) is 0 Å². The molecule has 0 aliphatic carbocycles. The second kappa shape index (κ2) is 8.42. The van der Waals surface area contributed by atoms with Crippen LogP contribution in [0.25, 0.3) is 0 Å². The van der Waals surface area contributed by atoms with Gasteiger partial charge in [0.2, 0.25) is 0 Å². The third-order valence-corrected chi connectivity index (χ3v) is 2.30. The Balaban J connectivity index is 0.000000199. The van der Waals surface area contributed by atoms with E-state index in [-0.39, 0.29) is 12.6 Å². The van der Waals surface area contributed by atoms with Crippen molar-refractivity contribution in [3.8, 4) is 0 Å². The van der Waals surface area contributed by atoms with Gasteiger partial charge in [0, 0.05) is 11.3 Å². The number of rotatable bonds is 3.